The van der Waals surface area contributed by atoms with Gasteiger partial charge in [0.1, 0.15) is 11.5 Å². The first kappa shape index (κ1) is 24.7. The molecule has 34 heavy (non-hydrogen) atoms. The Hall–Kier alpha value is -3.92. The van der Waals surface area contributed by atoms with Gasteiger partial charge < -0.3 is 4.42 Å². The topological polar surface area (TPSA) is 129 Å². The van der Waals surface area contributed by atoms with Gasteiger partial charge in [0.25, 0.3) is 5.91 Å². The van der Waals surface area contributed by atoms with Crippen LogP contribution in [0.5, 0.6) is 0 Å². The Kier molecular flexibility index (Phi) is 6.92. The average molecular weight is 493 g/mol. The van der Waals surface area contributed by atoms with E-state index < -0.39 is 27.8 Å². The van der Waals surface area contributed by atoms with E-state index in [0.717, 1.165) is 18.5 Å². The fourth-order valence-electron chi connectivity index (χ4n) is 2.94. The zero-order chi connectivity index (χ0) is 25.1. The van der Waals surface area contributed by atoms with Gasteiger partial charge in [-0.25, -0.2) is 13.1 Å². The fraction of sp³-hybridized carbons (Fsp3) is 0.238. The number of hydrogen-bond donors (Lipinski definition) is 1. The van der Waals surface area contributed by atoms with Crippen LogP contribution < -0.4 is 9.62 Å². The molecule has 3 aromatic rings. The number of nitrogens with one attached hydrogen (secondary N) is 1. The molecular weight excluding hydrogens is 475 g/mol. The molecule has 0 aliphatic heterocycles. The van der Waals surface area contributed by atoms with Crippen LogP contribution in [-0.2, 0) is 29.2 Å². The molecule has 0 aliphatic rings. The normalized spacial score (nSPS) is 11.6. The van der Waals surface area contributed by atoms with E-state index >= 15 is 0 Å². The second kappa shape index (κ2) is 9.52. The van der Waals surface area contributed by atoms with Crippen molar-refractivity contribution in [3.05, 3.63) is 70.9 Å². The first-order chi connectivity index (χ1) is 15.9. The van der Waals surface area contributed by atoms with E-state index in [-0.39, 0.29) is 30.4 Å². The summed E-state index contributed by atoms with van der Waals surface area (Å²) in [5.41, 5.74) is -0.0965. The van der Waals surface area contributed by atoms with Gasteiger partial charge in [-0.2, -0.15) is 23.4 Å². The van der Waals surface area contributed by atoms with Gasteiger partial charge in [0.2, 0.25) is 10.0 Å². The van der Waals surface area contributed by atoms with Crippen molar-refractivity contribution in [1.82, 2.24) is 14.7 Å². The fourth-order valence-corrected chi connectivity index (χ4v) is 3.38. The number of pyridine rings is 1. The van der Waals surface area contributed by atoms with Crippen LogP contribution in [0, 0.1) is 11.3 Å². The van der Waals surface area contributed by atoms with Crippen LogP contribution in [0.25, 0.3) is 0 Å². The first-order valence-corrected chi connectivity index (χ1v) is 11.6. The van der Waals surface area contributed by atoms with Crippen LogP contribution in [-0.4, -0.2) is 30.5 Å². The largest absolute Gasteiger partial charge is 0.433 e. The monoisotopic (exact) mass is 493 g/mol. The molecule has 0 aliphatic carbocycles. The Morgan fingerprint density at radius 3 is 2.38 bits per heavy atom. The zero-order valence-electron chi connectivity index (χ0n) is 17.9. The van der Waals surface area contributed by atoms with E-state index in [9.17, 15) is 26.4 Å². The quantitative estimate of drug-likeness (QED) is 0.529. The number of hydrogen-bond acceptors (Lipinski definition) is 8. The predicted octanol–water partition coefficient (Wildman–Crippen LogP) is 3.55. The minimum absolute atomic E-state index is 0.0478. The van der Waals surface area contributed by atoms with Crippen LogP contribution in [0.2, 0.25) is 0 Å². The number of nitriles is 1. The van der Waals surface area contributed by atoms with Gasteiger partial charge in [-0.1, -0.05) is 13.0 Å². The number of nitrogens with zero attached hydrogens (tertiary/aromatic N) is 4. The van der Waals surface area contributed by atoms with Crippen molar-refractivity contribution in [3.63, 3.8) is 0 Å². The summed E-state index contributed by atoms with van der Waals surface area (Å²) in [6.07, 6.45) is -2.51. The molecular formula is C21H18F3N5O4S. The van der Waals surface area contributed by atoms with Gasteiger partial charge >= 0.3 is 12.2 Å². The Morgan fingerprint density at radius 2 is 1.88 bits per heavy atom. The van der Waals surface area contributed by atoms with Gasteiger partial charge in [0, 0.05) is 18.3 Å². The smallest absolute Gasteiger partial charge is 0.428 e. The molecule has 0 saturated heterocycles. The van der Waals surface area contributed by atoms with Crippen LogP contribution >= 0.6 is 0 Å². The number of sulfonamides is 1. The molecule has 0 unspecified atom stereocenters. The zero-order valence-corrected chi connectivity index (χ0v) is 18.7. The van der Waals surface area contributed by atoms with E-state index in [0.29, 0.717) is 16.8 Å². The lowest BCUT2D eigenvalue weighted by Crippen LogP contribution is -2.30. The van der Waals surface area contributed by atoms with Crippen LogP contribution in [0.1, 0.15) is 40.0 Å². The van der Waals surface area contributed by atoms with Gasteiger partial charge in [-0.05, 0) is 35.9 Å². The van der Waals surface area contributed by atoms with Gasteiger partial charge in [-0.3, -0.25) is 14.7 Å². The van der Waals surface area contributed by atoms with Gasteiger partial charge in [-0.15, -0.1) is 0 Å². The molecule has 3 rings (SSSR count). The summed E-state index contributed by atoms with van der Waals surface area (Å²) in [5.74, 6) is -0.870. The maximum Gasteiger partial charge on any atom is 0.433 e. The van der Waals surface area contributed by atoms with E-state index in [1.54, 1.807) is 19.1 Å². The summed E-state index contributed by atoms with van der Waals surface area (Å²) in [4.78, 5) is 21.5. The molecule has 9 nitrogen and oxygen atoms in total. The van der Waals surface area contributed by atoms with E-state index in [2.05, 4.69) is 9.97 Å². The second-order valence-corrected chi connectivity index (χ2v) is 8.87. The Balaban J connectivity index is 2.03. The summed E-state index contributed by atoms with van der Waals surface area (Å²) >= 11 is 0. The number of carbonyl (C=O) groups is 1. The highest BCUT2D eigenvalue weighted by atomic mass is 32.2. The molecule has 2 heterocycles. The van der Waals surface area contributed by atoms with Crippen molar-refractivity contribution in [2.24, 2.45) is 0 Å². The van der Waals surface area contributed by atoms with Crippen molar-refractivity contribution >= 4 is 27.6 Å². The number of aryl methyl sites for hydroxylation is 1. The minimum Gasteiger partial charge on any atom is -0.428 e. The molecule has 1 amide bonds. The third-order valence-corrected chi connectivity index (χ3v) is 5.05. The lowest BCUT2D eigenvalue weighted by Gasteiger charge is -2.21. The number of halogens is 3. The Morgan fingerprint density at radius 1 is 1.21 bits per heavy atom. The Labute approximate surface area is 192 Å². The summed E-state index contributed by atoms with van der Waals surface area (Å²) < 4.78 is 69.0. The number of benzene rings is 1. The SMILES string of the molecule is CCc1oc(N(Cc2ccc(C(F)(F)F)nc2)c2ccc(C#N)cc2)nc1C(=O)NS(C)(=O)=O. The molecule has 0 radical (unpaired) electrons. The van der Waals surface area contributed by atoms with Gasteiger partial charge in [0.05, 0.1) is 24.4 Å². The molecule has 13 heteroatoms. The number of rotatable bonds is 7. The highest BCUT2D eigenvalue weighted by Gasteiger charge is 2.32. The molecule has 1 aromatic carbocycles. The van der Waals surface area contributed by atoms with Crippen molar-refractivity contribution < 1.29 is 30.8 Å². The van der Waals surface area contributed by atoms with Crippen LogP contribution in [0.4, 0.5) is 24.9 Å². The van der Waals surface area contributed by atoms with Gasteiger partial charge in [0.15, 0.2) is 5.69 Å². The minimum atomic E-state index is -4.59. The third-order valence-electron chi connectivity index (χ3n) is 4.50. The number of carbonyl (C=O) groups excluding carboxylic acids is 1. The van der Waals surface area contributed by atoms with Crippen molar-refractivity contribution in [2.45, 2.75) is 26.1 Å². The molecule has 0 atom stereocenters. The van der Waals surface area contributed by atoms with Crippen molar-refractivity contribution in [2.75, 3.05) is 11.2 Å². The Bertz CT molecular complexity index is 1330. The predicted molar refractivity (Wildman–Crippen MR) is 114 cm³/mol. The first-order valence-electron chi connectivity index (χ1n) is 9.73. The molecule has 0 bridgehead atoms. The second-order valence-electron chi connectivity index (χ2n) is 7.12. The standard InChI is InChI=1S/C21H18F3N5O4S/c1-3-16-18(19(30)28-34(2,31)32)27-20(33-16)29(15-7-4-13(10-25)5-8-15)12-14-6-9-17(26-11-14)21(22,23)24/h4-9,11H,3,12H2,1-2H3,(H,28,30). The summed E-state index contributed by atoms with van der Waals surface area (Å²) in [6.45, 7) is 1.63. The summed E-state index contributed by atoms with van der Waals surface area (Å²) in [7, 11) is -3.86. The number of aromatic nitrogens is 2. The van der Waals surface area contributed by atoms with Crippen LogP contribution in [0.15, 0.2) is 47.0 Å². The van der Waals surface area contributed by atoms with E-state index in [1.807, 2.05) is 10.8 Å². The number of amides is 1. The molecule has 178 valence electrons. The third kappa shape index (κ3) is 5.90. The number of anilines is 2. The highest BCUT2D eigenvalue weighted by molar-refractivity contribution is 7.89. The van der Waals surface area contributed by atoms with E-state index in [4.69, 9.17) is 9.68 Å². The molecule has 0 fully saturated rings. The average Bonchev–Trinajstić information content (AvgIpc) is 3.20. The van der Waals surface area contributed by atoms with Crippen molar-refractivity contribution in [3.8, 4) is 6.07 Å². The summed E-state index contributed by atoms with van der Waals surface area (Å²) in [5, 5.41) is 9.05. The number of oxazole rings is 1. The van der Waals surface area contributed by atoms with E-state index in [1.165, 1.54) is 23.1 Å². The molecule has 1 N–H and O–H groups in total. The summed E-state index contributed by atoms with van der Waals surface area (Å²) in [6, 6.07) is 10.1. The maximum atomic E-state index is 12.9. The highest BCUT2D eigenvalue weighted by Crippen LogP contribution is 2.31. The lowest BCUT2D eigenvalue weighted by atomic mass is 10.2. The van der Waals surface area contributed by atoms with Crippen LogP contribution in [0.3, 0.4) is 0 Å². The lowest BCUT2D eigenvalue weighted by molar-refractivity contribution is -0.141. The molecule has 2 aromatic heterocycles. The molecule has 0 saturated carbocycles. The number of alkyl halides is 3. The molecule has 0 spiro atoms. The maximum absolute atomic E-state index is 12.9. The van der Waals surface area contributed by atoms with Crippen molar-refractivity contribution in [1.29, 1.82) is 5.26 Å².